The van der Waals surface area contributed by atoms with Gasteiger partial charge in [0.25, 0.3) is 0 Å². The fourth-order valence-electron chi connectivity index (χ4n) is 3.76. The molecule has 2 aliphatic heterocycles. The van der Waals surface area contributed by atoms with Crippen LogP contribution in [0.25, 0.3) is 0 Å². The van der Waals surface area contributed by atoms with Crippen LogP contribution in [0, 0.1) is 5.41 Å². The first-order valence-electron chi connectivity index (χ1n) is 9.21. The minimum atomic E-state index is 0.433. The zero-order chi connectivity index (χ0) is 16.0. The van der Waals surface area contributed by atoms with Crippen LogP contribution in [0.15, 0.2) is 4.99 Å². The van der Waals surface area contributed by atoms with Gasteiger partial charge in [-0.1, -0.05) is 20.3 Å². The van der Waals surface area contributed by atoms with Crippen LogP contribution in [0.5, 0.6) is 0 Å². The second-order valence-corrected chi connectivity index (χ2v) is 7.90. The van der Waals surface area contributed by atoms with Crippen molar-refractivity contribution in [3.63, 3.8) is 0 Å². The zero-order valence-electron chi connectivity index (χ0n) is 15.2. The standard InChI is InChI=1S/C18H36N4/c1-16-9-5-7-12-21(16)13-8-6-11-20-17(19-4)22-14-10-18(2,3)15-22/h16H,5-15H2,1-4H3,(H,19,20). The van der Waals surface area contributed by atoms with Gasteiger partial charge in [0.05, 0.1) is 0 Å². The molecule has 128 valence electrons. The average molecular weight is 309 g/mol. The Morgan fingerprint density at radius 2 is 2.05 bits per heavy atom. The highest BCUT2D eigenvalue weighted by Crippen LogP contribution is 2.28. The summed E-state index contributed by atoms with van der Waals surface area (Å²) in [7, 11) is 1.91. The summed E-state index contributed by atoms with van der Waals surface area (Å²) in [4.78, 5) is 9.53. The van der Waals surface area contributed by atoms with E-state index < -0.39 is 0 Å². The number of nitrogens with zero attached hydrogens (tertiary/aromatic N) is 3. The van der Waals surface area contributed by atoms with Crippen LogP contribution in [0.1, 0.15) is 59.3 Å². The SMILES string of the molecule is CN=C(NCCCCN1CCCCC1C)N1CCC(C)(C)C1. The van der Waals surface area contributed by atoms with E-state index in [1.54, 1.807) is 0 Å². The minimum absolute atomic E-state index is 0.433. The number of unbranched alkanes of at least 4 members (excludes halogenated alkanes) is 1. The lowest BCUT2D eigenvalue weighted by molar-refractivity contribution is 0.158. The quantitative estimate of drug-likeness (QED) is 0.481. The van der Waals surface area contributed by atoms with E-state index in [9.17, 15) is 0 Å². The molecule has 2 heterocycles. The van der Waals surface area contributed by atoms with Gasteiger partial charge in [-0.15, -0.1) is 0 Å². The van der Waals surface area contributed by atoms with Gasteiger partial charge in [-0.25, -0.2) is 0 Å². The van der Waals surface area contributed by atoms with Gasteiger partial charge in [-0.2, -0.15) is 0 Å². The van der Waals surface area contributed by atoms with Crippen molar-refractivity contribution in [2.24, 2.45) is 10.4 Å². The molecule has 0 aliphatic carbocycles. The summed E-state index contributed by atoms with van der Waals surface area (Å²) in [5, 5.41) is 3.56. The molecule has 0 bridgehead atoms. The number of nitrogens with one attached hydrogen (secondary N) is 1. The lowest BCUT2D eigenvalue weighted by Gasteiger charge is -2.33. The number of aliphatic imine (C=N–C) groups is 1. The monoisotopic (exact) mass is 308 g/mol. The van der Waals surface area contributed by atoms with Gasteiger partial charge < -0.3 is 15.1 Å². The van der Waals surface area contributed by atoms with Crippen LogP contribution in [0.2, 0.25) is 0 Å². The molecule has 0 spiro atoms. The molecule has 0 aromatic heterocycles. The first kappa shape index (κ1) is 17.6. The van der Waals surface area contributed by atoms with Crippen LogP contribution >= 0.6 is 0 Å². The Hall–Kier alpha value is -0.770. The van der Waals surface area contributed by atoms with E-state index in [-0.39, 0.29) is 0 Å². The van der Waals surface area contributed by atoms with Crippen molar-refractivity contribution >= 4 is 5.96 Å². The van der Waals surface area contributed by atoms with Crippen molar-refractivity contribution in [3.05, 3.63) is 0 Å². The van der Waals surface area contributed by atoms with Gasteiger partial charge in [0.2, 0.25) is 0 Å². The molecule has 0 radical (unpaired) electrons. The molecule has 22 heavy (non-hydrogen) atoms. The number of guanidine groups is 1. The number of rotatable bonds is 5. The van der Waals surface area contributed by atoms with Crippen molar-refractivity contribution in [1.29, 1.82) is 0 Å². The molecule has 2 rings (SSSR count). The van der Waals surface area contributed by atoms with Crippen molar-refractivity contribution in [2.75, 3.05) is 39.8 Å². The van der Waals surface area contributed by atoms with Gasteiger partial charge in [-0.05, 0) is 57.5 Å². The van der Waals surface area contributed by atoms with Crippen LogP contribution in [0.3, 0.4) is 0 Å². The molecule has 1 unspecified atom stereocenters. The number of likely N-dealkylation sites (tertiary alicyclic amines) is 2. The second-order valence-electron chi connectivity index (χ2n) is 7.90. The maximum atomic E-state index is 4.46. The number of hydrogen-bond acceptors (Lipinski definition) is 2. The van der Waals surface area contributed by atoms with Crippen molar-refractivity contribution < 1.29 is 0 Å². The molecule has 2 saturated heterocycles. The molecular weight excluding hydrogens is 272 g/mol. The number of hydrogen-bond donors (Lipinski definition) is 1. The third-order valence-electron chi connectivity index (χ3n) is 5.28. The predicted octanol–water partition coefficient (Wildman–Crippen LogP) is 2.95. The second kappa shape index (κ2) is 8.19. The molecule has 4 nitrogen and oxygen atoms in total. The van der Waals surface area contributed by atoms with Gasteiger partial charge in [0.1, 0.15) is 0 Å². The van der Waals surface area contributed by atoms with Crippen LogP contribution < -0.4 is 5.32 Å². The Morgan fingerprint density at radius 3 is 2.68 bits per heavy atom. The lowest BCUT2D eigenvalue weighted by atomic mass is 9.93. The highest BCUT2D eigenvalue weighted by Gasteiger charge is 2.30. The van der Waals surface area contributed by atoms with E-state index in [1.807, 2.05) is 7.05 Å². The Morgan fingerprint density at radius 1 is 1.23 bits per heavy atom. The summed E-state index contributed by atoms with van der Waals surface area (Å²) in [6.45, 7) is 13.0. The van der Waals surface area contributed by atoms with E-state index in [0.29, 0.717) is 5.41 Å². The maximum absolute atomic E-state index is 4.46. The fraction of sp³-hybridized carbons (Fsp3) is 0.944. The lowest BCUT2D eigenvalue weighted by Crippen LogP contribution is -2.41. The third-order valence-corrected chi connectivity index (χ3v) is 5.28. The molecule has 1 atom stereocenters. The Bertz CT molecular complexity index is 364. The molecule has 2 fully saturated rings. The summed E-state index contributed by atoms with van der Waals surface area (Å²) in [6, 6.07) is 0.793. The summed E-state index contributed by atoms with van der Waals surface area (Å²) < 4.78 is 0. The van der Waals surface area contributed by atoms with E-state index in [4.69, 9.17) is 0 Å². The Labute approximate surface area is 137 Å². The molecule has 0 aromatic rings. The largest absolute Gasteiger partial charge is 0.356 e. The molecule has 1 N–H and O–H groups in total. The Kier molecular flexibility index (Phi) is 6.54. The highest BCUT2D eigenvalue weighted by atomic mass is 15.3. The summed E-state index contributed by atoms with van der Waals surface area (Å²) in [6.07, 6.45) is 7.98. The molecule has 0 aromatic carbocycles. The number of piperidine rings is 1. The van der Waals surface area contributed by atoms with E-state index in [2.05, 4.69) is 40.9 Å². The topological polar surface area (TPSA) is 30.9 Å². The van der Waals surface area contributed by atoms with Crippen LogP contribution in [-0.4, -0.2) is 61.6 Å². The maximum Gasteiger partial charge on any atom is 0.193 e. The van der Waals surface area contributed by atoms with E-state index >= 15 is 0 Å². The fourth-order valence-corrected chi connectivity index (χ4v) is 3.76. The minimum Gasteiger partial charge on any atom is -0.356 e. The summed E-state index contributed by atoms with van der Waals surface area (Å²) >= 11 is 0. The van der Waals surface area contributed by atoms with Crippen LogP contribution in [-0.2, 0) is 0 Å². The normalized spacial score (nSPS) is 26.5. The molecular formula is C18H36N4. The van der Waals surface area contributed by atoms with Crippen molar-refractivity contribution in [3.8, 4) is 0 Å². The molecule has 2 aliphatic rings. The van der Waals surface area contributed by atoms with E-state index in [1.165, 1.54) is 51.6 Å². The van der Waals surface area contributed by atoms with Gasteiger partial charge in [0.15, 0.2) is 5.96 Å². The molecule has 0 amide bonds. The van der Waals surface area contributed by atoms with Crippen molar-refractivity contribution in [1.82, 2.24) is 15.1 Å². The van der Waals surface area contributed by atoms with Gasteiger partial charge in [-0.3, -0.25) is 4.99 Å². The average Bonchev–Trinajstić information content (AvgIpc) is 2.84. The van der Waals surface area contributed by atoms with Crippen molar-refractivity contribution in [2.45, 2.75) is 65.3 Å². The smallest absolute Gasteiger partial charge is 0.193 e. The Balaban J connectivity index is 1.61. The molecule has 4 heteroatoms. The summed E-state index contributed by atoms with van der Waals surface area (Å²) in [5.74, 6) is 1.09. The first-order valence-corrected chi connectivity index (χ1v) is 9.21. The molecule has 0 saturated carbocycles. The highest BCUT2D eigenvalue weighted by molar-refractivity contribution is 5.80. The summed E-state index contributed by atoms with van der Waals surface area (Å²) in [5.41, 5.74) is 0.433. The van der Waals surface area contributed by atoms with Gasteiger partial charge >= 0.3 is 0 Å². The third kappa shape index (κ3) is 5.15. The first-order chi connectivity index (χ1) is 10.5. The van der Waals surface area contributed by atoms with Crippen LogP contribution in [0.4, 0.5) is 0 Å². The van der Waals surface area contributed by atoms with Gasteiger partial charge in [0, 0.05) is 32.7 Å². The predicted molar refractivity (Wildman–Crippen MR) is 95.5 cm³/mol. The van der Waals surface area contributed by atoms with E-state index in [0.717, 1.165) is 31.6 Å². The zero-order valence-corrected chi connectivity index (χ0v) is 15.2.